The van der Waals surface area contributed by atoms with Crippen molar-refractivity contribution in [3.05, 3.63) is 60.8 Å². The van der Waals surface area contributed by atoms with Crippen LogP contribution in [0.4, 0.5) is 0 Å². The van der Waals surface area contributed by atoms with Crippen molar-refractivity contribution in [2.75, 3.05) is 13.2 Å². The number of unbranched alkanes of at least 4 members (excludes halogenated alkanes) is 26. The van der Waals surface area contributed by atoms with Gasteiger partial charge in [0, 0.05) is 12.8 Å². The minimum Gasteiger partial charge on any atom is -0.462 e. The van der Waals surface area contributed by atoms with Crippen molar-refractivity contribution in [1.29, 1.82) is 0 Å². The molecule has 0 aromatic heterocycles. The van der Waals surface area contributed by atoms with Gasteiger partial charge in [-0.2, -0.15) is 0 Å². The number of hydrogen-bond donors (Lipinski definition) is 1. The fourth-order valence-electron chi connectivity index (χ4n) is 6.89. The van der Waals surface area contributed by atoms with E-state index >= 15 is 0 Å². The Labute approximate surface area is 353 Å². The second-order valence-corrected chi connectivity index (χ2v) is 16.2. The summed E-state index contributed by atoms with van der Waals surface area (Å²) in [6.45, 7) is 4.00. The summed E-state index contributed by atoms with van der Waals surface area (Å²) in [4.78, 5) is 24.3. The Morgan fingerprint density at radius 1 is 0.421 bits per heavy atom. The Balaban J connectivity index is 3.45. The third-order valence-corrected chi connectivity index (χ3v) is 10.5. The van der Waals surface area contributed by atoms with Crippen LogP contribution in [-0.2, 0) is 19.1 Å². The van der Waals surface area contributed by atoms with E-state index in [-0.39, 0.29) is 25.2 Å². The van der Waals surface area contributed by atoms with Crippen LogP contribution < -0.4 is 0 Å². The first-order valence-corrected chi connectivity index (χ1v) is 24.3. The molecule has 1 unspecified atom stereocenters. The fourth-order valence-corrected chi connectivity index (χ4v) is 6.89. The summed E-state index contributed by atoms with van der Waals surface area (Å²) in [5.74, 6) is -0.596. The van der Waals surface area contributed by atoms with E-state index in [1.54, 1.807) is 0 Å². The van der Waals surface area contributed by atoms with Crippen molar-refractivity contribution in [3.63, 3.8) is 0 Å². The van der Waals surface area contributed by atoms with E-state index in [2.05, 4.69) is 74.6 Å². The molecular weight excluding hydrogens is 705 g/mol. The number of ether oxygens (including phenoxy) is 2. The van der Waals surface area contributed by atoms with E-state index in [1.165, 1.54) is 141 Å². The van der Waals surface area contributed by atoms with E-state index in [1.807, 2.05) is 0 Å². The van der Waals surface area contributed by atoms with Crippen LogP contribution in [0.3, 0.4) is 0 Å². The molecule has 1 N–H and O–H groups in total. The average molecular weight is 797 g/mol. The Morgan fingerprint density at radius 2 is 0.754 bits per heavy atom. The van der Waals surface area contributed by atoms with E-state index in [0.717, 1.165) is 70.6 Å². The molecule has 0 radical (unpaired) electrons. The quantitative estimate of drug-likeness (QED) is 0.0378. The lowest BCUT2D eigenvalue weighted by molar-refractivity contribution is -0.161. The third kappa shape index (κ3) is 46.2. The second kappa shape index (κ2) is 48.0. The van der Waals surface area contributed by atoms with Gasteiger partial charge in [-0.05, 0) is 77.0 Å². The van der Waals surface area contributed by atoms with Crippen molar-refractivity contribution in [1.82, 2.24) is 0 Å². The molecule has 57 heavy (non-hydrogen) atoms. The molecule has 0 heterocycles. The largest absolute Gasteiger partial charge is 0.462 e. The van der Waals surface area contributed by atoms with Crippen molar-refractivity contribution < 1.29 is 24.2 Å². The lowest BCUT2D eigenvalue weighted by Crippen LogP contribution is -2.28. The first-order chi connectivity index (χ1) is 28.1. The number of allylic oxidation sites excluding steroid dienone is 10. The number of hydrogen-bond acceptors (Lipinski definition) is 5. The van der Waals surface area contributed by atoms with E-state index in [0.29, 0.717) is 12.8 Å². The average Bonchev–Trinajstić information content (AvgIpc) is 3.21. The Hall–Kier alpha value is -2.40. The lowest BCUT2D eigenvalue weighted by Gasteiger charge is -2.15. The summed E-state index contributed by atoms with van der Waals surface area (Å²) in [7, 11) is 0. The molecule has 0 rings (SSSR count). The Morgan fingerprint density at radius 3 is 1.16 bits per heavy atom. The van der Waals surface area contributed by atoms with Crippen molar-refractivity contribution in [2.45, 2.75) is 245 Å². The maximum atomic E-state index is 12.2. The number of carbonyl (C=O) groups excluding carboxylic acids is 2. The SMILES string of the molecule is CC/C=C\C/C=C\C/C=C\C/C=C\CCCCCCCCCCCCCCCCCCCCC(=O)OC(CO)COC(=O)CCCCCCC/C=C\CCCCC. The molecule has 0 aromatic rings. The van der Waals surface area contributed by atoms with Gasteiger partial charge in [-0.1, -0.05) is 209 Å². The third-order valence-electron chi connectivity index (χ3n) is 10.5. The smallest absolute Gasteiger partial charge is 0.306 e. The first-order valence-electron chi connectivity index (χ1n) is 24.3. The maximum absolute atomic E-state index is 12.2. The number of aliphatic hydroxyl groups is 1. The summed E-state index contributed by atoms with van der Waals surface area (Å²) in [5.41, 5.74) is 0. The predicted octanol–water partition coefficient (Wildman–Crippen LogP) is 15.9. The van der Waals surface area contributed by atoms with Crippen LogP contribution >= 0.6 is 0 Å². The molecule has 0 fully saturated rings. The van der Waals surface area contributed by atoms with Crippen LogP contribution in [-0.4, -0.2) is 36.4 Å². The fraction of sp³-hybridized carbons (Fsp3) is 0.769. The molecule has 0 saturated carbocycles. The molecule has 1 atom stereocenters. The minimum atomic E-state index is -0.774. The van der Waals surface area contributed by atoms with E-state index in [4.69, 9.17) is 9.47 Å². The first kappa shape index (κ1) is 54.6. The van der Waals surface area contributed by atoms with Crippen LogP contribution in [0.15, 0.2) is 60.8 Å². The Bertz CT molecular complexity index is 992. The highest BCUT2D eigenvalue weighted by Crippen LogP contribution is 2.16. The highest BCUT2D eigenvalue weighted by atomic mass is 16.6. The van der Waals surface area contributed by atoms with Crippen molar-refractivity contribution in [2.24, 2.45) is 0 Å². The molecule has 330 valence electrons. The van der Waals surface area contributed by atoms with Gasteiger partial charge in [0.2, 0.25) is 0 Å². The molecule has 0 bridgehead atoms. The molecular formula is C52H92O5. The highest BCUT2D eigenvalue weighted by Gasteiger charge is 2.16. The van der Waals surface area contributed by atoms with Gasteiger partial charge in [0.05, 0.1) is 6.61 Å². The zero-order valence-corrected chi connectivity index (χ0v) is 37.6. The number of rotatable bonds is 44. The van der Waals surface area contributed by atoms with Crippen molar-refractivity contribution in [3.8, 4) is 0 Å². The number of esters is 2. The molecule has 0 aliphatic rings. The summed E-state index contributed by atoms with van der Waals surface area (Å²) >= 11 is 0. The predicted molar refractivity (Wildman–Crippen MR) is 247 cm³/mol. The number of carbonyl (C=O) groups is 2. The van der Waals surface area contributed by atoms with Gasteiger partial charge in [-0.15, -0.1) is 0 Å². The van der Waals surface area contributed by atoms with Gasteiger partial charge in [0.1, 0.15) is 6.61 Å². The maximum Gasteiger partial charge on any atom is 0.306 e. The summed E-state index contributed by atoms with van der Waals surface area (Å²) in [5, 5.41) is 9.59. The summed E-state index contributed by atoms with van der Waals surface area (Å²) < 4.78 is 10.6. The van der Waals surface area contributed by atoms with E-state index in [9.17, 15) is 14.7 Å². The van der Waals surface area contributed by atoms with Gasteiger partial charge in [-0.25, -0.2) is 0 Å². The molecule has 0 spiro atoms. The molecule has 0 aliphatic heterocycles. The van der Waals surface area contributed by atoms with Gasteiger partial charge < -0.3 is 14.6 Å². The van der Waals surface area contributed by atoms with Crippen LogP contribution in [0, 0.1) is 0 Å². The van der Waals surface area contributed by atoms with Gasteiger partial charge >= 0.3 is 11.9 Å². The monoisotopic (exact) mass is 797 g/mol. The molecule has 0 aliphatic carbocycles. The topological polar surface area (TPSA) is 72.8 Å². The Kier molecular flexibility index (Phi) is 46.0. The second-order valence-electron chi connectivity index (χ2n) is 16.2. The molecule has 5 heteroatoms. The van der Waals surface area contributed by atoms with E-state index < -0.39 is 6.10 Å². The van der Waals surface area contributed by atoms with Crippen molar-refractivity contribution >= 4 is 11.9 Å². The lowest BCUT2D eigenvalue weighted by atomic mass is 10.0. The van der Waals surface area contributed by atoms with Gasteiger partial charge in [0.25, 0.3) is 0 Å². The highest BCUT2D eigenvalue weighted by molar-refractivity contribution is 5.70. The number of aliphatic hydroxyl groups excluding tert-OH is 1. The van der Waals surface area contributed by atoms with Crippen LogP contribution in [0.5, 0.6) is 0 Å². The molecule has 0 saturated heterocycles. The molecule has 0 amide bonds. The van der Waals surface area contributed by atoms with Gasteiger partial charge in [-0.3, -0.25) is 9.59 Å². The minimum absolute atomic E-state index is 0.0688. The zero-order chi connectivity index (χ0) is 41.4. The summed E-state index contributed by atoms with van der Waals surface area (Å²) in [6, 6.07) is 0. The molecule has 0 aromatic carbocycles. The zero-order valence-electron chi connectivity index (χ0n) is 37.6. The van der Waals surface area contributed by atoms with Crippen LogP contribution in [0.1, 0.15) is 239 Å². The van der Waals surface area contributed by atoms with Gasteiger partial charge in [0.15, 0.2) is 6.10 Å². The molecule has 5 nitrogen and oxygen atoms in total. The summed E-state index contributed by atoms with van der Waals surface area (Å²) in [6.07, 6.45) is 63.2. The van der Waals surface area contributed by atoms with Crippen LogP contribution in [0.25, 0.3) is 0 Å². The van der Waals surface area contributed by atoms with Crippen LogP contribution in [0.2, 0.25) is 0 Å². The normalized spacial score (nSPS) is 12.7. The standard InChI is InChI=1S/C52H92O5/c1-3-5-7-9-11-13-15-17-18-19-20-21-22-23-24-25-26-27-28-29-30-31-32-33-34-35-37-39-41-43-45-47-52(55)57-50(48-53)49-56-51(54)46-44-42-40-38-36-16-14-12-10-8-6-4-2/h5,7,11-14,17-18,20-21,50,53H,3-4,6,8-10,15-16,19,22-49H2,1-2H3/b7-5-,13-11-,14-12-,18-17-,21-20-.